The number of carbonyl (C=O) groups is 1. The van der Waals surface area contributed by atoms with E-state index in [0.29, 0.717) is 5.56 Å². The number of primary amides is 1. The Morgan fingerprint density at radius 1 is 0.963 bits per heavy atom. The first kappa shape index (κ1) is 17.3. The van der Waals surface area contributed by atoms with E-state index in [0.717, 1.165) is 41.2 Å². The fourth-order valence-corrected chi connectivity index (χ4v) is 4.00. The maximum atomic E-state index is 12.1. The van der Waals surface area contributed by atoms with Gasteiger partial charge in [0.2, 0.25) is 5.91 Å². The lowest BCUT2D eigenvalue weighted by Crippen LogP contribution is -2.11. The van der Waals surface area contributed by atoms with Crippen LogP contribution in [0.2, 0.25) is 0 Å². The van der Waals surface area contributed by atoms with E-state index in [-0.39, 0.29) is 5.91 Å². The third-order valence-corrected chi connectivity index (χ3v) is 5.18. The highest BCUT2D eigenvalue weighted by molar-refractivity contribution is 6.17. The largest absolute Gasteiger partial charge is 0.366 e. The number of aryl methyl sites for hydroxylation is 2. The molecule has 0 radical (unpaired) electrons. The number of nitrogens with zero attached hydrogens (tertiary/aromatic N) is 1. The predicted octanol–water partition coefficient (Wildman–Crippen LogP) is 5.20. The quantitative estimate of drug-likeness (QED) is 0.525. The van der Waals surface area contributed by atoms with E-state index in [1.165, 1.54) is 16.7 Å². The highest BCUT2D eigenvalue weighted by Gasteiger charge is 2.16. The molecule has 27 heavy (non-hydrogen) atoms. The van der Waals surface area contributed by atoms with Crippen LogP contribution in [0.25, 0.3) is 21.8 Å². The minimum Gasteiger partial charge on any atom is -0.366 e. The van der Waals surface area contributed by atoms with Gasteiger partial charge >= 0.3 is 0 Å². The monoisotopic (exact) mass is 356 g/mol. The van der Waals surface area contributed by atoms with Gasteiger partial charge in [-0.25, -0.2) is 0 Å². The van der Waals surface area contributed by atoms with Gasteiger partial charge in [0.1, 0.15) is 0 Å². The molecular weight excluding hydrogens is 332 g/mol. The number of carbonyl (C=O) groups excluding carboxylic acids is 1. The van der Waals surface area contributed by atoms with Crippen molar-refractivity contribution in [1.29, 1.82) is 0 Å². The fourth-order valence-electron chi connectivity index (χ4n) is 4.00. The van der Waals surface area contributed by atoms with Gasteiger partial charge in [0, 0.05) is 28.4 Å². The highest BCUT2D eigenvalue weighted by atomic mass is 16.1. The molecule has 1 amide bonds. The zero-order valence-electron chi connectivity index (χ0n) is 15.8. The summed E-state index contributed by atoms with van der Waals surface area (Å²) in [4.78, 5) is 12.1. The van der Waals surface area contributed by atoms with Gasteiger partial charge in [0.15, 0.2) is 0 Å². The molecule has 0 aliphatic carbocycles. The molecule has 0 aliphatic heterocycles. The number of amides is 1. The second kappa shape index (κ2) is 6.92. The molecule has 0 unspecified atom stereocenters. The summed E-state index contributed by atoms with van der Waals surface area (Å²) in [6.45, 7) is 5.07. The van der Waals surface area contributed by atoms with Crippen molar-refractivity contribution in [2.45, 2.75) is 33.2 Å². The number of fused-ring (bicyclic) bond motifs is 3. The SMILES string of the molecule is CCCc1ccc2c3c(C(N)=O)cccc3n(Cc3cccc(C)c3)c2c1. The molecule has 1 heterocycles. The maximum Gasteiger partial charge on any atom is 0.249 e. The number of benzene rings is 3. The maximum absolute atomic E-state index is 12.1. The number of rotatable bonds is 5. The Hall–Kier alpha value is -3.07. The second-order valence-electron chi connectivity index (χ2n) is 7.24. The first-order valence-corrected chi connectivity index (χ1v) is 9.47. The van der Waals surface area contributed by atoms with Crippen molar-refractivity contribution in [2.24, 2.45) is 5.73 Å². The second-order valence-corrected chi connectivity index (χ2v) is 7.24. The molecule has 0 bridgehead atoms. The number of hydrogen-bond acceptors (Lipinski definition) is 1. The topological polar surface area (TPSA) is 48.0 Å². The zero-order valence-corrected chi connectivity index (χ0v) is 15.8. The summed E-state index contributed by atoms with van der Waals surface area (Å²) in [6, 6.07) is 21.0. The average Bonchev–Trinajstić information content (AvgIpc) is 2.95. The molecule has 0 saturated carbocycles. The van der Waals surface area contributed by atoms with Gasteiger partial charge in [-0.2, -0.15) is 0 Å². The molecule has 0 saturated heterocycles. The van der Waals surface area contributed by atoms with Crippen LogP contribution in [0.4, 0.5) is 0 Å². The standard InChI is InChI=1S/C24H24N2O/c1-3-6-17-11-12-19-22(14-17)26(15-18-8-4-7-16(2)13-18)21-10-5-9-20(23(19)21)24(25)27/h4-5,7-14H,3,6,15H2,1-2H3,(H2,25,27). The summed E-state index contributed by atoms with van der Waals surface area (Å²) in [5.74, 6) is -0.382. The summed E-state index contributed by atoms with van der Waals surface area (Å²) < 4.78 is 2.31. The van der Waals surface area contributed by atoms with E-state index in [1.807, 2.05) is 12.1 Å². The fraction of sp³-hybridized carbons (Fsp3) is 0.208. The van der Waals surface area contributed by atoms with Crippen LogP contribution in [-0.4, -0.2) is 10.5 Å². The lowest BCUT2D eigenvalue weighted by Gasteiger charge is -2.09. The van der Waals surface area contributed by atoms with Crippen molar-refractivity contribution < 1.29 is 4.79 Å². The molecule has 2 N–H and O–H groups in total. The minimum atomic E-state index is -0.382. The third-order valence-electron chi connectivity index (χ3n) is 5.18. The highest BCUT2D eigenvalue weighted by Crippen LogP contribution is 2.33. The van der Waals surface area contributed by atoms with Crippen LogP contribution >= 0.6 is 0 Å². The van der Waals surface area contributed by atoms with E-state index < -0.39 is 0 Å². The summed E-state index contributed by atoms with van der Waals surface area (Å²) in [5, 5.41) is 2.04. The van der Waals surface area contributed by atoms with E-state index in [1.54, 1.807) is 0 Å². The van der Waals surface area contributed by atoms with Gasteiger partial charge in [0.25, 0.3) is 0 Å². The van der Waals surface area contributed by atoms with E-state index in [2.05, 4.69) is 66.9 Å². The molecule has 3 heteroatoms. The summed E-state index contributed by atoms with van der Waals surface area (Å²) >= 11 is 0. The van der Waals surface area contributed by atoms with Gasteiger partial charge in [-0.05, 0) is 42.7 Å². The Kier molecular flexibility index (Phi) is 4.44. The molecule has 0 aliphatic rings. The average molecular weight is 356 g/mol. The molecule has 1 aromatic heterocycles. The van der Waals surface area contributed by atoms with Crippen molar-refractivity contribution in [3.8, 4) is 0 Å². The van der Waals surface area contributed by atoms with Gasteiger partial charge in [-0.15, -0.1) is 0 Å². The predicted molar refractivity (Wildman–Crippen MR) is 112 cm³/mol. The van der Waals surface area contributed by atoms with Gasteiger partial charge < -0.3 is 10.3 Å². The number of hydrogen-bond donors (Lipinski definition) is 1. The van der Waals surface area contributed by atoms with Crippen LogP contribution < -0.4 is 5.73 Å². The van der Waals surface area contributed by atoms with Crippen molar-refractivity contribution in [1.82, 2.24) is 4.57 Å². The molecule has 3 aromatic carbocycles. The third kappa shape index (κ3) is 3.10. The molecule has 0 spiro atoms. The molecule has 4 rings (SSSR count). The summed E-state index contributed by atoms with van der Waals surface area (Å²) in [5.41, 5.74) is 12.3. The Balaban J connectivity index is 2.02. The molecule has 4 aromatic rings. The van der Waals surface area contributed by atoms with Crippen LogP contribution in [0, 0.1) is 6.92 Å². The van der Waals surface area contributed by atoms with Crippen LogP contribution in [0.1, 0.15) is 40.4 Å². The van der Waals surface area contributed by atoms with Crippen LogP contribution in [0.5, 0.6) is 0 Å². The Morgan fingerprint density at radius 2 is 1.78 bits per heavy atom. The van der Waals surface area contributed by atoms with Crippen molar-refractivity contribution in [2.75, 3.05) is 0 Å². The van der Waals surface area contributed by atoms with Crippen LogP contribution in [-0.2, 0) is 13.0 Å². The normalized spacial score (nSPS) is 11.3. The van der Waals surface area contributed by atoms with E-state index >= 15 is 0 Å². The number of nitrogens with two attached hydrogens (primary N) is 1. The smallest absolute Gasteiger partial charge is 0.249 e. The first-order valence-electron chi connectivity index (χ1n) is 9.47. The molecule has 0 atom stereocenters. The van der Waals surface area contributed by atoms with Gasteiger partial charge in [-0.3, -0.25) is 4.79 Å². The summed E-state index contributed by atoms with van der Waals surface area (Å²) in [6.07, 6.45) is 2.15. The zero-order chi connectivity index (χ0) is 19.0. The molecular formula is C24H24N2O. The Bertz CT molecular complexity index is 1150. The lowest BCUT2D eigenvalue weighted by molar-refractivity contribution is 0.100. The first-order chi connectivity index (χ1) is 13.1. The van der Waals surface area contributed by atoms with Gasteiger partial charge in [-0.1, -0.05) is 61.4 Å². The van der Waals surface area contributed by atoms with Crippen molar-refractivity contribution in [3.05, 3.63) is 82.9 Å². The molecule has 3 nitrogen and oxygen atoms in total. The lowest BCUT2D eigenvalue weighted by atomic mass is 10.0. The van der Waals surface area contributed by atoms with E-state index in [9.17, 15) is 4.79 Å². The minimum absolute atomic E-state index is 0.382. The van der Waals surface area contributed by atoms with Gasteiger partial charge in [0.05, 0.1) is 5.52 Å². The molecule has 0 fully saturated rings. The summed E-state index contributed by atoms with van der Waals surface area (Å²) in [7, 11) is 0. The number of aromatic nitrogens is 1. The van der Waals surface area contributed by atoms with E-state index in [4.69, 9.17) is 5.73 Å². The Morgan fingerprint density at radius 3 is 2.52 bits per heavy atom. The van der Waals surface area contributed by atoms with Crippen molar-refractivity contribution >= 4 is 27.7 Å². The van der Waals surface area contributed by atoms with Crippen LogP contribution in [0.15, 0.2) is 60.7 Å². The Labute approximate surface area is 159 Å². The molecule has 136 valence electrons. The van der Waals surface area contributed by atoms with Crippen LogP contribution in [0.3, 0.4) is 0 Å². The van der Waals surface area contributed by atoms with Crippen molar-refractivity contribution in [3.63, 3.8) is 0 Å².